The summed E-state index contributed by atoms with van der Waals surface area (Å²) in [6, 6.07) is -0.747. The van der Waals surface area contributed by atoms with Crippen molar-refractivity contribution < 1.29 is 24.5 Å². The molecule has 360 valence electrons. The van der Waals surface area contributed by atoms with Crippen molar-refractivity contribution in [2.75, 3.05) is 6.61 Å². The first-order valence-corrected chi connectivity index (χ1v) is 26.0. The average molecular weight is 876 g/mol. The molecule has 0 bridgehead atoms. The van der Waals surface area contributed by atoms with Gasteiger partial charge in [0, 0.05) is 12.8 Å². The number of carbonyl (C=O) groups is 2. The molecule has 0 aliphatic rings. The van der Waals surface area contributed by atoms with Gasteiger partial charge in [0.1, 0.15) is 6.10 Å². The highest BCUT2D eigenvalue weighted by molar-refractivity contribution is 5.77. The van der Waals surface area contributed by atoms with Crippen LogP contribution < -0.4 is 5.32 Å². The van der Waals surface area contributed by atoms with Crippen molar-refractivity contribution in [2.24, 2.45) is 0 Å². The summed E-state index contributed by atoms with van der Waals surface area (Å²) in [6.45, 7) is 6.26. The monoisotopic (exact) mass is 876 g/mol. The van der Waals surface area contributed by atoms with Gasteiger partial charge in [0.05, 0.1) is 25.2 Å². The highest BCUT2D eigenvalue weighted by Gasteiger charge is 2.23. The van der Waals surface area contributed by atoms with Gasteiger partial charge >= 0.3 is 5.97 Å². The summed E-state index contributed by atoms with van der Waals surface area (Å²) in [5.41, 5.74) is 0. The molecule has 0 aromatic rings. The summed E-state index contributed by atoms with van der Waals surface area (Å²) in [5.74, 6) is -0.628. The molecule has 0 saturated carbocycles. The van der Waals surface area contributed by atoms with E-state index < -0.39 is 18.2 Å². The maximum absolute atomic E-state index is 13.2. The van der Waals surface area contributed by atoms with Crippen molar-refractivity contribution in [2.45, 2.75) is 244 Å². The first-order chi connectivity index (χ1) is 31.0. The van der Waals surface area contributed by atoms with E-state index in [1.165, 1.54) is 109 Å². The zero-order chi connectivity index (χ0) is 45.9. The summed E-state index contributed by atoms with van der Waals surface area (Å²) >= 11 is 0. The van der Waals surface area contributed by atoms with Gasteiger partial charge < -0.3 is 20.3 Å². The van der Waals surface area contributed by atoms with Gasteiger partial charge in [-0.3, -0.25) is 9.59 Å². The van der Waals surface area contributed by atoms with Gasteiger partial charge in [0.15, 0.2) is 0 Å². The summed E-state index contributed by atoms with van der Waals surface area (Å²) in [6.07, 6.45) is 66.3. The molecule has 0 aromatic heterocycles. The van der Waals surface area contributed by atoms with E-state index in [9.17, 15) is 19.8 Å². The van der Waals surface area contributed by atoms with E-state index in [2.05, 4.69) is 68.6 Å². The van der Waals surface area contributed by atoms with Gasteiger partial charge in [-0.25, -0.2) is 0 Å². The largest absolute Gasteiger partial charge is 0.461 e. The molecule has 0 aliphatic heterocycles. The molecule has 0 radical (unpaired) electrons. The lowest BCUT2D eigenvalue weighted by Gasteiger charge is -2.24. The second-order valence-corrected chi connectivity index (χ2v) is 17.3. The molecule has 3 atom stereocenters. The van der Waals surface area contributed by atoms with Gasteiger partial charge in [-0.1, -0.05) is 246 Å². The van der Waals surface area contributed by atoms with Crippen LogP contribution in [0.4, 0.5) is 0 Å². The topological polar surface area (TPSA) is 95.9 Å². The highest BCUT2D eigenvalue weighted by Crippen LogP contribution is 2.16. The van der Waals surface area contributed by atoms with Crippen LogP contribution in [0, 0.1) is 0 Å². The van der Waals surface area contributed by atoms with E-state index in [1.54, 1.807) is 0 Å². The molecule has 0 fully saturated rings. The summed E-state index contributed by atoms with van der Waals surface area (Å²) in [7, 11) is 0. The van der Waals surface area contributed by atoms with Crippen molar-refractivity contribution in [3.05, 3.63) is 97.2 Å². The molecule has 6 heteroatoms. The normalized spacial score (nSPS) is 14.0. The number of allylic oxidation sites excluding steroid dienone is 15. The second kappa shape index (κ2) is 49.8. The Labute approximate surface area is 388 Å². The predicted molar refractivity (Wildman–Crippen MR) is 273 cm³/mol. The van der Waals surface area contributed by atoms with Crippen LogP contribution >= 0.6 is 0 Å². The van der Waals surface area contributed by atoms with Crippen molar-refractivity contribution in [1.82, 2.24) is 5.32 Å². The number of hydrogen-bond acceptors (Lipinski definition) is 5. The summed E-state index contributed by atoms with van der Waals surface area (Å²) in [5, 5.41) is 23.7. The highest BCUT2D eigenvalue weighted by atomic mass is 16.5. The molecule has 3 N–H and O–H groups in total. The zero-order valence-electron chi connectivity index (χ0n) is 40.9. The SMILES string of the molecule is CC/C=C/C=C/C=C\C=C/C=C/CC(CC(=O)NC(CO)C(O)CCCCCCCCCCCCCCCC)OC(=O)CCCCCCCC/C=C\C/C=C\C/C=C\CCCCC. The van der Waals surface area contributed by atoms with E-state index in [0.29, 0.717) is 19.3 Å². The number of nitrogens with one attached hydrogen (secondary N) is 1. The van der Waals surface area contributed by atoms with Crippen LogP contribution in [0.5, 0.6) is 0 Å². The second-order valence-electron chi connectivity index (χ2n) is 17.3. The zero-order valence-corrected chi connectivity index (χ0v) is 40.9. The molecule has 0 heterocycles. The fourth-order valence-electron chi connectivity index (χ4n) is 7.34. The van der Waals surface area contributed by atoms with E-state index in [4.69, 9.17) is 4.74 Å². The predicted octanol–water partition coefficient (Wildman–Crippen LogP) is 15.7. The van der Waals surface area contributed by atoms with Crippen LogP contribution in [-0.4, -0.2) is 46.9 Å². The minimum Gasteiger partial charge on any atom is -0.461 e. The molecule has 1 amide bonds. The Kier molecular flexibility index (Phi) is 47.2. The molecule has 3 unspecified atom stereocenters. The Morgan fingerprint density at radius 2 is 0.937 bits per heavy atom. The van der Waals surface area contributed by atoms with Crippen molar-refractivity contribution >= 4 is 11.9 Å². The molecule has 0 rings (SSSR count). The molecular formula is C57H97NO5. The molecule has 0 saturated heterocycles. The van der Waals surface area contributed by atoms with E-state index in [-0.39, 0.29) is 24.9 Å². The average Bonchev–Trinajstić information content (AvgIpc) is 3.28. The first kappa shape index (κ1) is 59.8. The molecule has 6 nitrogen and oxygen atoms in total. The number of esters is 1. The Hall–Kier alpha value is -3.22. The number of hydrogen-bond donors (Lipinski definition) is 3. The number of unbranched alkanes of at least 4 members (excludes halogenated alkanes) is 22. The lowest BCUT2D eigenvalue weighted by Crippen LogP contribution is -2.46. The lowest BCUT2D eigenvalue weighted by atomic mass is 10.0. The first-order valence-electron chi connectivity index (χ1n) is 26.0. The Bertz CT molecular complexity index is 1260. The number of ether oxygens (including phenoxy) is 1. The van der Waals surface area contributed by atoms with Gasteiger partial charge in [0.2, 0.25) is 5.91 Å². The Balaban J connectivity index is 4.64. The van der Waals surface area contributed by atoms with E-state index >= 15 is 0 Å². The van der Waals surface area contributed by atoms with Crippen molar-refractivity contribution in [3.8, 4) is 0 Å². The maximum Gasteiger partial charge on any atom is 0.306 e. The maximum atomic E-state index is 13.2. The van der Waals surface area contributed by atoms with E-state index in [0.717, 1.165) is 70.6 Å². The molecule has 0 spiro atoms. The Morgan fingerprint density at radius 3 is 1.46 bits per heavy atom. The van der Waals surface area contributed by atoms with Crippen LogP contribution in [0.1, 0.15) is 226 Å². The van der Waals surface area contributed by atoms with Crippen LogP contribution in [0.3, 0.4) is 0 Å². The minimum absolute atomic E-state index is 0.0287. The smallest absolute Gasteiger partial charge is 0.306 e. The van der Waals surface area contributed by atoms with Crippen LogP contribution in [0.15, 0.2) is 97.2 Å². The standard InChI is InChI=1S/C57H97NO5/c1-4-7-10-13-16-19-22-24-26-27-28-29-30-32-35-38-41-44-47-50-57(62)63-53(48-45-42-39-36-33-21-18-15-12-9-6-3)51-56(61)58-54(52-59)55(60)49-46-43-40-37-34-31-25-23-20-17-14-11-8-5-2/h9,12,15-16,18-19,21,24,26,28-29,33,36,39,42,45,53-55,59-60H,4-8,10-11,13-14,17,20,22-23,25,27,30-32,34-35,37-38,40-41,43-44,46-52H2,1-3H3,(H,58,61)/b12-9+,18-15+,19-16-,26-24-,29-28-,33-21-,39-36-,45-42+. The molecule has 63 heavy (non-hydrogen) atoms. The minimum atomic E-state index is -0.825. The third-order valence-corrected chi connectivity index (χ3v) is 11.3. The van der Waals surface area contributed by atoms with Crippen LogP contribution in [0.25, 0.3) is 0 Å². The fourth-order valence-corrected chi connectivity index (χ4v) is 7.34. The number of rotatable bonds is 45. The van der Waals surface area contributed by atoms with Gasteiger partial charge in [-0.15, -0.1) is 0 Å². The summed E-state index contributed by atoms with van der Waals surface area (Å²) < 4.78 is 5.84. The van der Waals surface area contributed by atoms with Crippen molar-refractivity contribution in [3.63, 3.8) is 0 Å². The molecular weight excluding hydrogens is 779 g/mol. The number of aliphatic hydroxyl groups excluding tert-OH is 2. The number of amides is 1. The van der Waals surface area contributed by atoms with Crippen LogP contribution in [-0.2, 0) is 14.3 Å². The lowest BCUT2D eigenvalue weighted by molar-refractivity contribution is -0.150. The summed E-state index contributed by atoms with van der Waals surface area (Å²) in [4.78, 5) is 26.1. The fraction of sp³-hybridized carbons (Fsp3) is 0.684. The van der Waals surface area contributed by atoms with Gasteiger partial charge in [-0.2, -0.15) is 0 Å². The van der Waals surface area contributed by atoms with Gasteiger partial charge in [-0.05, 0) is 57.8 Å². The van der Waals surface area contributed by atoms with Gasteiger partial charge in [0.25, 0.3) is 0 Å². The quantitative estimate of drug-likeness (QED) is 0.0245. The van der Waals surface area contributed by atoms with E-state index in [1.807, 2.05) is 54.7 Å². The van der Waals surface area contributed by atoms with Crippen molar-refractivity contribution in [1.29, 1.82) is 0 Å². The third-order valence-electron chi connectivity index (χ3n) is 11.3. The third kappa shape index (κ3) is 45.2. The Morgan fingerprint density at radius 1 is 0.508 bits per heavy atom. The molecule has 0 aromatic carbocycles. The molecule has 0 aliphatic carbocycles. The number of aliphatic hydroxyl groups is 2. The number of carbonyl (C=O) groups excluding carboxylic acids is 2. The van der Waals surface area contributed by atoms with Crippen LogP contribution in [0.2, 0.25) is 0 Å².